The van der Waals surface area contributed by atoms with E-state index in [-0.39, 0.29) is 0 Å². The number of hydrogen-bond acceptors (Lipinski definition) is 50. The Morgan fingerprint density at radius 3 is 0.336 bits per heavy atom. The zero-order valence-electron chi connectivity index (χ0n) is 61.0. The number of aromatic nitrogens is 25. The van der Waals surface area contributed by atoms with Gasteiger partial charge in [-0.1, -0.05) is 0 Å². The topological polar surface area (TPSA) is 322 Å². The number of rotatable bonds is 24. The molecule has 25 nitrogen and oxygen atoms in total. The molecule has 125 heavy (non-hydrogen) atoms. The minimum absolute atomic E-state index is 0.785. The molecule has 0 aliphatic rings. The zero-order valence-corrected chi connectivity index (χ0v) is 81.4. The van der Waals surface area contributed by atoms with Gasteiger partial charge in [-0.15, -0.1) is 283 Å². The summed E-state index contributed by atoms with van der Waals surface area (Å²) in [6, 6.07) is 0. The standard InChI is InChI=1S/C75H27N25S25/c1-2-102-52(76-1)29-4-104-54(78-29)31-6-106-56(80-31)33-8-108-58(82-33)35-10-110-60(84-35)37-12-112-62(86-37)39-14-114-64(88-39)41-16-116-66(90-41)43-18-118-68(92-43)45-20-120-70(94-45)47-22-122-72(96-47)49-24-124-74(98-49)51-26-125-75(100-51)50-25-123-73(99-50)48-23-121-71(97-48)46-21-119-69(95-46)44-19-117-67(93-44)42-17-115-65(91-42)40-15-113-63(89-40)38-13-111-61(87-38)36-11-109-59(85-36)34-9-107-57(83-34)32-7-105-55(81-32)30-5-103-53(79-30)28-3-101-27-77-28/h1-27H. The van der Waals surface area contributed by atoms with E-state index in [9.17, 15) is 0 Å². The number of nitrogens with zero attached hydrogens (tertiary/aromatic N) is 25. The van der Waals surface area contributed by atoms with Crippen molar-refractivity contribution >= 4 is 283 Å². The fourth-order valence-electron chi connectivity index (χ4n) is 11.9. The number of thiazole rings is 25. The van der Waals surface area contributed by atoms with E-state index in [1.807, 2.05) is 140 Å². The van der Waals surface area contributed by atoms with Gasteiger partial charge in [0.05, 0.1) is 5.51 Å². The molecule has 0 aliphatic carbocycles. The largest absolute Gasteiger partial charge is 0.243 e. The van der Waals surface area contributed by atoms with Crippen molar-refractivity contribution in [1.29, 1.82) is 0 Å². The summed E-state index contributed by atoms with van der Waals surface area (Å²) in [7, 11) is 0. The molecular formula is C75H27N25S25. The Balaban J connectivity index is 0.364. The van der Waals surface area contributed by atoms with Crippen LogP contribution in [0.5, 0.6) is 0 Å². The highest BCUT2D eigenvalue weighted by Gasteiger charge is 2.27. The smallest absolute Gasteiger partial charge is 0.143 e. The maximum Gasteiger partial charge on any atom is 0.143 e. The van der Waals surface area contributed by atoms with Crippen LogP contribution >= 0.6 is 283 Å². The molecule has 0 unspecified atom stereocenters. The molecule has 0 aliphatic heterocycles. The van der Waals surface area contributed by atoms with Gasteiger partial charge in [-0.05, 0) is 0 Å². The van der Waals surface area contributed by atoms with E-state index in [1.165, 1.54) is 125 Å². The highest BCUT2D eigenvalue weighted by atomic mass is 32.2. The van der Waals surface area contributed by atoms with Crippen molar-refractivity contribution in [2.45, 2.75) is 0 Å². The highest BCUT2D eigenvalue weighted by Crippen LogP contribution is 2.47. The third-order valence-corrected chi connectivity index (χ3v) is 39.0. The lowest BCUT2D eigenvalue weighted by atomic mass is 10.4. The van der Waals surface area contributed by atoms with Crippen LogP contribution in [0.25, 0.3) is 257 Å². The Morgan fingerprint density at radius 1 is 0.112 bits per heavy atom. The van der Waals surface area contributed by atoms with Gasteiger partial charge in [0.25, 0.3) is 0 Å². The monoisotopic (exact) mass is 2080 g/mol. The molecule has 25 aromatic rings. The van der Waals surface area contributed by atoms with E-state index in [1.54, 1.807) is 165 Å². The molecule has 0 atom stereocenters. The second-order valence-electron chi connectivity index (χ2n) is 25.6. The van der Waals surface area contributed by atoms with E-state index in [2.05, 4.69) is 9.97 Å². The molecular weight excluding hydrogens is 2050 g/mol. The molecule has 25 rings (SSSR count). The van der Waals surface area contributed by atoms with Gasteiger partial charge in [0.1, 0.15) is 257 Å². The van der Waals surface area contributed by atoms with Crippen LogP contribution in [0, 0.1) is 0 Å². The van der Waals surface area contributed by atoms with Gasteiger partial charge in [0.2, 0.25) is 0 Å². The van der Waals surface area contributed by atoms with Crippen LogP contribution in [0.4, 0.5) is 0 Å². The van der Waals surface area contributed by atoms with Crippen molar-refractivity contribution in [3.8, 4) is 257 Å². The van der Waals surface area contributed by atoms with Gasteiger partial charge in [-0.2, -0.15) is 0 Å². The summed E-state index contributed by atoms with van der Waals surface area (Å²) in [5.41, 5.74) is 21.2. The Kier molecular flexibility index (Phi) is 20.7. The van der Waals surface area contributed by atoms with Gasteiger partial charge in [-0.3, -0.25) is 0 Å². The Hall–Kier alpha value is -9.25. The number of hydrogen-bond donors (Lipinski definition) is 0. The molecule has 50 heteroatoms. The first-order chi connectivity index (χ1) is 61.7. The molecule has 0 spiro atoms. The molecule has 0 bridgehead atoms. The van der Waals surface area contributed by atoms with Crippen LogP contribution in [0.1, 0.15) is 0 Å². The Labute approximate surface area is 800 Å². The van der Waals surface area contributed by atoms with E-state index in [0.29, 0.717) is 0 Å². The average molecular weight is 2080 g/mol. The first-order valence-electron chi connectivity index (χ1n) is 35.5. The minimum Gasteiger partial charge on any atom is -0.243 e. The summed E-state index contributed by atoms with van der Waals surface area (Å²) in [6.45, 7) is 0. The molecule has 0 saturated heterocycles. The molecule has 0 N–H and O–H groups in total. The van der Waals surface area contributed by atoms with Crippen LogP contribution in [0.2, 0.25) is 0 Å². The molecule has 25 aromatic heterocycles. The van der Waals surface area contributed by atoms with Crippen LogP contribution in [0.15, 0.2) is 146 Å². The minimum atomic E-state index is 0.785. The van der Waals surface area contributed by atoms with Crippen molar-refractivity contribution in [3.05, 3.63) is 146 Å². The molecule has 602 valence electrons. The van der Waals surface area contributed by atoms with E-state index in [4.69, 9.17) is 115 Å². The lowest BCUT2D eigenvalue weighted by molar-refractivity contribution is 1.28. The fraction of sp³-hybridized carbons (Fsp3) is 0. The van der Waals surface area contributed by atoms with Crippen molar-refractivity contribution < 1.29 is 0 Å². The van der Waals surface area contributed by atoms with Gasteiger partial charge >= 0.3 is 0 Å². The van der Waals surface area contributed by atoms with Crippen LogP contribution in [-0.4, -0.2) is 125 Å². The molecule has 0 fully saturated rings. The first-order valence-corrected chi connectivity index (χ1v) is 57.6. The van der Waals surface area contributed by atoms with Gasteiger partial charge < -0.3 is 0 Å². The molecule has 25 heterocycles. The van der Waals surface area contributed by atoms with Crippen molar-refractivity contribution in [1.82, 2.24) is 125 Å². The molecule has 0 saturated carbocycles. The quantitative estimate of drug-likeness (QED) is 0.0542. The predicted octanol–water partition coefficient (Wildman–Crippen LogP) is 28.1. The lowest BCUT2D eigenvalue weighted by Gasteiger charge is -1.91. The third kappa shape index (κ3) is 15.4. The van der Waals surface area contributed by atoms with E-state index < -0.39 is 0 Å². The normalized spacial score (nSPS) is 11.8. The van der Waals surface area contributed by atoms with Gasteiger partial charge in [0, 0.05) is 141 Å². The van der Waals surface area contributed by atoms with Gasteiger partial charge in [-0.25, -0.2) is 125 Å². The molecule has 0 radical (unpaired) electrons. The maximum atomic E-state index is 5.01. The summed E-state index contributed by atoms with van der Waals surface area (Å²) in [6.07, 6.45) is 1.79. The Morgan fingerprint density at radius 2 is 0.232 bits per heavy atom. The van der Waals surface area contributed by atoms with Crippen molar-refractivity contribution in [3.63, 3.8) is 0 Å². The van der Waals surface area contributed by atoms with E-state index in [0.717, 1.165) is 257 Å². The zero-order chi connectivity index (χ0) is 82.2. The summed E-state index contributed by atoms with van der Waals surface area (Å²) in [5, 5.41) is 70.3. The van der Waals surface area contributed by atoms with Gasteiger partial charge in [0.15, 0.2) is 0 Å². The average Bonchev–Trinajstić information content (AvgIpc) is 1.65. The SMILES string of the molecule is c1csc(-c2csc(-c3csc(-c4csc(-c5csc(-c6csc(-c7csc(-c8csc(-c9csc(-c%10csc(-c%11csc(-c%12csc(-c%13csc(-c%14csc(-c%15csc(-c%16csc(-c%17csc(-c%18csc(-c%19csc(-c%20csc(-c%21csc(-c%22csc(-c%23csc(-c%24csc(-c%25cscn%25)n%24)n%23)n%22)n%21)n%20)n%19)n%18)n%17)n%16)n%15)n%14)n%13)n%12)n%11)n%10)n9)n8)n7)n6)n5)n4)n3)n2)n1. The van der Waals surface area contributed by atoms with Crippen molar-refractivity contribution in [2.24, 2.45) is 0 Å². The first kappa shape index (κ1) is 78.0. The summed E-state index contributed by atoms with van der Waals surface area (Å²) < 4.78 is 0. The maximum absolute atomic E-state index is 5.01. The molecule has 0 aromatic carbocycles. The fourth-order valence-corrected chi connectivity index (χ4v) is 32.4. The van der Waals surface area contributed by atoms with Crippen LogP contribution in [-0.2, 0) is 0 Å². The predicted molar refractivity (Wildman–Crippen MR) is 529 cm³/mol. The summed E-state index contributed by atoms with van der Waals surface area (Å²) in [5.74, 6) is 0. The highest BCUT2D eigenvalue weighted by molar-refractivity contribution is 7.23. The van der Waals surface area contributed by atoms with Crippen molar-refractivity contribution in [2.75, 3.05) is 0 Å². The van der Waals surface area contributed by atoms with E-state index >= 15 is 0 Å². The summed E-state index contributed by atoms with van der Waals surface area (Å²) in [4.78, 5) is 123. The molecule has 0 amide bonds. The lowest BCUT2D eigenvalue weighted by Crippen LogP contribution is -1.83. The second-order valence-corrected chi connectivity index (χ2v) is 46.9. The Bertz CT molecular complexity index is 7500. The second kappa shape index (κ2) is 33.1. The van der Waals surface area contributed by atoms with Crippen LogP contribution < -0.4 is 0 Å². The van der Waals surface area contributed by atoms with Crippen LogP contribution in [0.3, 0.4) is 0 Å². The third-order valence-electron chi connectivity index (χ3n) is 17.7. The summed E-state index contributed by atoms with van der Waals surface area (Å²) >= 11 is 38.7.